The van der Waals surface area contributed by atoms with Crippen LogP contribution in [0.2, 0.25) is 46.9 Å². The molecule has 9 heterocycles. The standard InChI is InChI=1S/C23H40N4O4Si.C22H37N4O7PSi.C21H19ClO2.C14H20N4O4.C4H7B/c1-9-18-17(10-11-30-32(13(2)3,14(4)5)15(6)7)20(28)23(31-18)27-12-24-19-21(27)25-16(8)26-22(19)29;1-12(2)35(13(3)4,14(5)6)31-9-8-16-17(10-27)32-22(19(16)33-34(29)30)26-11-23-18-20(26)24-15(7)25-21(18)28;1-23-19-12-8-17(9-13-19)21(22,16-6-4-3-5-7-16)18-10-14-20(24-2)15-11-18;1-3-4-8-9(5-19)22-14(11(8)20)18-6-15-10-12(18)16-7(2)17-13(10)21;1-4-5(2)3/h12-15,17-18,20,23,28H,9-11H2,1-8H3,(H,25,26,29);11-14,16-17,19,22,27H,8-10H2,1-7H3,(H-,24,25,28,29,30);3-15H,1-2H3;6,8-9,11,14,19-20H,3-5H2,1-2H3,(H,16,17,21);1H,2-3H3/p+1/t17?,18-,20+,23-;16?,17-,19+,22-;;8?,9-,11+,14-;/m11.1./s1. The summed E-state index contributed by atoms with van der Waals surface area (Å²) in [4.78, 5) is 78.6. The number of aliphatic hydroxyl groups is 4. The summed E-state index contributed by atoms with van der Waals surface area (Å²) in [5, 5.41) is 41.3. The second-order valence-corrected chi connectivity index (χ2v) is 44.8. The second-order valence-electron chi connectivity index (χ2n) is 32.7. The minimum atomic E-state index is -2.95. The van der Waals surface area contributed by atoms with E-state index in [1.165, 1.54) is 17.2 Å². The number of aliphatic hydroxyl groups excluding tert-OH is 4. The molecule has 3 aliphatic heterocycles. The van der Waals surface area contributed by atoms with Gasteiger partial charge in [-0.05, 0) is 121 Å². The van der Waals surface area contributed by atoms with Crippen LogP contribution in [0.3, 0.4) is 0 Å². The summed E-state index contributed by atoms with van der Waals surface area (Å²) in [6.45, 7) is 41.1. The Morgan fingerprint density at radius 2 is 0.881 bits per heavy atom. The van der Waals surface area contributed by atoms with Gasteiger partial charge in [0.15, 0.2) is 74.9 Å². The van der Waals surface area contributed by atoms with Crippen molar-refractivity contribution in [3.63, 3.8) is 0 Å². The summed E-state index contributed by atoms with van der Waals surface area (Å²) < 4.78 is 64.1. The van der Waals surface area contributed by atoms with Crippen LogP contribution in [-0.4, -0.2) is 184 Å². The molecule has 3 saturated heterocycles. The zero-order valence-corrected chi connectivity index (χ0v) is 75.8. The molecule has 12 rings (SSSR count). The number of hydrogen-bond donors (Lipinski definition) is 8. The van der Waals surface area contributed by atoms with Gasteiger partial charge in [0.05, 0.1) is 64.7 Å². The first-order valence-corrected chi connectivity index (χ1v) is 46.7. The Bertz CT molecular complexity index is 4830. The molecule has 0 aliphatic carbocycles. The van der Waals surface area contributed by atoms with Gasteiger partial charge in [-0.25, -0.2) is 29.9 Å². The van der Waals surface area contributed by atoms with Crippen LogP contribution in [-0.2, 0) is 37.0 Å². The lowest BCUT2D eigenvalue weighted by molar-refractivity contribution is -0.0493. The molecule has 29 nitrogen and oxygen atoms in total. The molecule has 0 saturated carbocycles. The molecule has 644 valence electrons. The average molecular weight is 1710 g/mol. The molecule has 0 radical (unpaired) electrons. The molecule has 13 atom stereocenters. The first kappa shape index (κ1) is 95.8. The van der Waals surface area contributed by atoms with E-state index >= 15 is 0 Å². The Balaban J connectivity index is 0.000000195. The highest BCUT2D eigenvalue weighted by molar-refractivity contribution is 7.32. The molecule has 9 aromatic rings. The Kier molecular flexibility index (Phi) is 34.7. The van der Waals surface area contributed by atoms with Gasteiger partial charge in [-0.2, -0.15) is 5.82 Å². The van der Waals surface area contributed by atoms with Crippen LogP contribution in [0.5, 0.6) is 11.5 Å². The van der Waals surface area contributed by atoms with Gasteiger partial charge in [0.2, 0.25) is 6.71 Å². The van der Waals surface area contributed by atoms with Crippen molar-refractivity contribution in [1.82, 2.24) is 58.6 Å². The van der Waals surface area contributed by atoms with Gasteiger partial charge < -0.3 is 67.9 Å². The molecule has 0 amide bonds. The number of imidazole rings is 3. The summed E-state index contributed by atoms with van der Waals surface area (Å²) in [6, 6.07) is 25.8. The van der Waals surface area contributed by atoms with Gasteiger partial charge in [0, 0.05) is 35.5 Å². The number of nitrogens with zero attached hydrogens (tertiary/aromatic N) is 9. The van der Waals surface area contributed by atoms with Crippen molar-refractivity contribution >= 4 is 76.7 Å². The van der Waals surface area contributed by atoms with E-state index in [1.54, 1.807) is 50.5 Å². The van der Waals surface area contributed by atoms with Crippen LogP contribution in [0.15, 0.2) is 112 Å². The van der Waals surface area contributed by atoms with Gasteiger partial charge in [0.25, 0.3) is 16.7 Å². The van der Waals surface area contributed by atoms with E-state index in [-0.39, 0.29) is 64.5 Å². The van der Waals surface area contributed by atoms with Crippen molar-refractivity contribution in [3.05, 3.63) is 163 Å². The normalized spacial score (nSPS) is 21.5. The van der Waals surface area contributed by atoms with Crippen molar-refractivity contribution in [2.45, 2.75) is 257 Å². The Hall–Kier alpha value is -7.68. The van der Waals surface area contributed by atoms with Crippen molar-refractivity contribution in [1.29, 1.82) is 0 Å². The topological polar surface area (TPSA) is 383 Å². The number of nitrogens with one attached hydrogen (secondary N) is 3. The third-order valence-electron chi connectivity index (χ3n) is 23.1. The number of aromatic amines is 3. The predicted octanol–water partition coefficient (Wildman–Crippen LogP) is 14.1. The Morgan fingerprint density at radius 1 is 0.551 bits per heavy atom. The van der Waals surface area contributed by atoms with Crippen LogP contribution in [0.4, 0.5) is 0 Å². The molecule has 34 heteroatoms. The van der Waals surface area contributed by atoms with Crippen molar-refractivity contribution < 1.29 is 66.9 Å². The van der Waals surface area contributed by atoms with Gasteiger partial charge in [0.1, 0.15) is 46.1 Å². The quantitative estimate of drug-likeness (QED) is 0.00709. The maximum absolute atomic E-state index is 12.3. The number of ether oxygens (including phenoxy) is 5. The van der Waals surface area contributed by atoms with Crippen molar-refractivity contribution in [2.24, 2.45) is 17.8 Å². The highest BCUT2D eigenvalue weighted by Crippen LogP contribution is 2.49. The van der Waals surface area contributed by atoms with Crippen LogP contribution in [0.1, 0.15) is 182 Å². The molecule has 3 aliphatic rings. The second kappa shape index (κ2) is 42.7. The summed E-state index contributed by atoms with van der Waals surface area (Å²) >= 11 is 7.22. The van der Waals surface area contributed by atoms with E-state index in [4.69, 9.17) is 55.1 Å². The number of aryl methyl sites for hydroxylation is 3. The monoisotopic (exact) mass is 1710 g/mol. The molecular formula is C84H124BClN12O17PSi2+. The lowest BCUT2D eigenvalue weighted by Gasteiger charge is -2.42. The predicted molar refractivity (Wildman–Crippen MR) is 465 cm³/mol. The van der Waals surface area contributed by atoms with Crippen molar-refractivity contribution in [2.75, 3.05) is 40.6 Å². The minimum absolute atomic E-state index is 0.0521. The van der Waals surface area contributed by atoms with E-state index in [9.17, 15) is 44.3 Å². The van der Waals surface area contributed by atoms with E-state index in [2.05, 4.69) is 141 Å². The molecule has 3 fully saturated rings. The number of H-pyrrole nitrogens is 3. The molecule has 6 aromatic heterocycles. The largest absolute Gasteiger partial charge is 0.695 e. The summed E-state index contributed by atoms with van der Waals surface area (Å²) in [5.41, 5.74) is 6.46. The van der Waals surface area contributed by atoms with Crippen LogP contribution in [0.25, 0.3) is 33.5 Å². The SMILES string of the molecule is C#CB(C)C.CCCC1[C@@H](CO)O[C@@H](n2cnc3c(=O)[nH]c(C)nc32)[C@H]1O.CC[C@H]1O[C@@H](n2cnc3c(=O)[nH]c(C)nc32)[C@@H](O)C1CCO[Si](C(C)C)(C(C)C)C(C)C.COc1ccc(C(Cl)(c2ccccc2)c2ccc(OC)cc2)cc1.Cc1nc2c(ncn2[C@@H]2O[C@H](CO)C(CCO[Si](C(C)C)(C(C)C)C(C)C)[C@@H]2O[P+](=O)O)c(=O)[nH]1. The fourth-order valence-corrected chi connectivity index (χ4v) is 29.4. The van der Waals surface area contributed by atoms with E-state index in [0.717, 1.165) is 53.9 Å². The number of aromatic nitrogens is 12. The van der Waals surface area contributed by atoms with E-state index in [1.807, 2.05) is 99.4 Å². The number of fused-ring (bicyclic) bond motifs is 3. The summed E-state index contributed by atoms with van der Waals surface area (Å²) in [5.74, 6) is 4.89. The van der Waals surface area contributed by atoms with Crippen molar-refractivity contribution in [3.8, 4) is 23.7 Å². The Labute approximate surface area is 700 Å². The lowest BCUT2D eigenvalue weighted by atomic mass is 9.56. The fraction of sp³-hybridized carbons (Fsp3) is 0.583. The van der Waals surface area contributed by atoms with E-state index < -0.39 is 90.4 Å². The number of methoxy groups -OCH3 is 2. The van der Waals surface area contributed by atoms with Gasteiger partial charge in [-0.3, -0.25) is 28.1 Å². The Morgan fingerprint density at radius 3 is 1.21 bits per heavy atom. The maximum atomic E-state index is 12.3. The minimum Gasteiger partial charge on any atom is -0.497 e. The van der Waals surface area contributed by atoms with Crippen LogP contribution >= 0.6 is 19.9 Å². The number of halogens is 1. The highest BCUT2D eigenvalue weighted by atomic mass is 35.5. The van der Waals surface area contributed by atoms with Crippen LogP contribution < -0.4 is 26.2 Å². The smallest absolute Gasteiger partial charge is 0.497 e. The lowest BCUT2D eigenvalue weighted by Crippen LogP contribution is -2.48. The number of benzene rings is 3. The maximum Gasteiger partial charge on any atom is 0.695 e. The number of terminal acetylenes is 1. The van der Waals surface area contributed by atoms with Gasteiger partial charge >= 0.3 is 8.25 Å². The zero-order chi connectivity index (χ0) is 87.0. The fourth-order valence-electron chi connectivity index (χ4n) is 17.7. The highest BCUT2D eigenvalue weighted by Gasteiger charge is 2.53. The van der Waals surface area contributed by atoms with E-state index in [0.29, 0.717) is 88.4 Å². The van der Waals surface area contributed by atoms with Gasteiger partial charge in [-0.15, -0.1) is 27.4 Å². The summed E-state index contributed by atoms with van der Waals surface area (Å²) in [6.07, 6.45) is 7.16. The molecular weight excluding hydrogens is 1580 g/mol. The molecule has 0 spiro atoms. The molecule has 3 aromatic carbocycles. The van der Waals surface area contributed by atoms with Gasteiger partial charge in [-0.1, -0.05) is 172 Å². The van der Waals surface area contributed by atoms with Crippen LogP contribution in [0, 0.1) is 50.8 Å². The summed E-state index contributed by atoms with van der Waals surface area (Å²) in [7, 11) is -3.72. The molecule has 4 unspecified atom stereocenters. The molecule has 0 bridgehead atoms. The average Bonchev–Trinajstić information content (AvgIpc) is 1.51. The number of alkyl halides is 1. The molecule has 118 heavy (non-hydrogen) atoms. The third kappa shape index (κ3) is 21.2. The first-order valence-electron chi connectivity index (χ1n) is 40.9. The zero-order valence-electron chi connectivity index (χ0n) is 72.1. The third-order valence-corrected chi connectivity index (χ3v) is 36.4. The molecule has 8 N–H and O–H groups in total. The number of rotatable bonds is 29. The number of hydrogen-bond acceptors (Lipinski definition) is 22. The first-order chi connectivity index (χ1) is 56.0.